The second-order valence-corrected chi connectivity index (χ2v) is 5.65. The monoisotopic (exact) mass is 348 g/mol. The van der Waals surface area contributed by atoms with Gasteiger partial charge in [0.25, 0.3) is 5.56 Å². The summed E-state index contributed by atoms with van der Waals surface area (Å²) >= 11 is 8.11. The van der Waals surface area contributed by atoms with Crippen LogP contribution in [-0.2, 0) is 6.54 Å². The summed E-state index contributed by atoms with van der Waals surface area (Å²) in [7, 11) is 0. The molecule has 0 amide bonds. The van der Waals surface area contributed by atoms with E-state index in [0.29, 0.717) is 11.0 Å². The van der Waals surface area contributed by atoms with Gasteiger partial charge >= 0.3 is 0 Å². The Morgan fingerprint density at radius 3 is 2.93 bits per heavy atom. The van der Waals surface area contributed by atoms with Crippen molar-refractivity contribution in [2.75, 3.05) is 0 Å². The molecule has 0 aliphatic heterocycles. The van der Waals surface area contributed by atoms with Crippen LogP contribution in [0.25, 0.3) is 0 Å². The molecule has 2 aromatic heterocycles. The van der Waals surface area contributed by atoms with E-state index in [4.69, 9.17) is 0 Å². The second kappa shape index (κ2) is 4.59. The zero-order valence-electron chi connectivity index (χ0n) is 7.48. The molecule has 0 atom stereocenters. The fraction of sp³-hybridized carbons (Fsp3) is 0.111. The standard InChI is InChI=1S/C9H6Br2N2OS/c10-6-1-8(11)9(14)13(3-6)4-7-2-12-5-15-7/h1-3,5H,4H2. The molecule has 0 bridgehead atoms. The van der Waals surface area contributed by atoms with E-state index in [9.17, 15) is 4.79 Å². The molecule has 3 nitrogen and oxygen atoms in total. The van der Waals surface area contributed by atoms with Crippen molar-refractivity contribution in [1.82, 2.24) is 9.55 Å². The maximum atomic E-state index is 11.7. The minimum Gasteiger partial charge on any atom is -0.308 e. The summed E-state index contributed by atoms with van der Waals surface area (Å²) in [4.78, 5) is 16.8. The Morgan fingerprint density at radius 1 is 1.47 bits per heavy atom. The quantitative estimate of drug-likeness (QED) is 0.835. The molecule has 0 unspecified atom stereocenters. The second-order valence-electron chi connectivity index (χ2n) is 2.91. The lowest BCUT2D eigenvalue weighted by Crippen LogP contribution is -2.20. The van der Waals surface area contributed by atoms with Crippen molar-refractivity contribution in [1.29, 1.82) is 0 Å². The Kier molecular flexibility index (Phi) is 3.38. The molecule has 2 rings (SSSR count). The Morgan fingerprint density at radius 2 is 2.27 bits per heavy atom. The van der Waals surface area contributed by atoms with Crippen LogP contribution in [-0.4, -0.2) is 9.55 Å². The third kappa shape index (κ3) is 2.56. The molecular formula is C9H6Br2N2OS. The molecule has 0 aromatic carbocycles. The van der Waals surface area contributed by atoms with Crippen LogP contribution in [0.1, 0.15) is 4.88 Å². The predicted molar refractivity (Wildman–Crippen MR) is 67.3 cm³/mol. The molecule has 0 aliphatic rings. The van der Waals surface area contributed by atoms with Gasteiger partial charge in [-0.05, 0) is 37.9 Å². The van der Waals surface area contributed by atoms with E-state index in [1.165, 1.54) is 11.3 Å². The molecule has 0 N–H and O–H groups in total. The third-order valence-corrected chi connectivity index (χ3v) is 3.58. The van der Waals surface area contributed by atoms with E-state index >= 15 is 0 Å². The summed E-state index contributed by atoms with van der Waals surface area (Å²) in [6, 6.07) is 1.74. The van der Waals surface area contributed by atoms with Gasteiger partial charge in [-0.3, -0.25) is 9.78 Å². The first kappa shape index (κ1) is 11.0. The third-order valence-electron chi connectivity index (χ3n) is 1.82. The summed E-state index contributed by atoms with van der Waals surface area (Å²) in [5, 5.41) is 0. The first-order chi connectivity index (χ1) is 7.16. The molecule has 0 spiro atoms. The molecule has 6 heteroatoms. The average molecular weight is 350 g/mol. The number of nitrogens with zero attached hydrogens (tertiary/aromatic N) is 2. The minimum absolute atomic E-state index is 0.0356. The zero-order chi connectivity index (χ0) is 10.8. The topological polar surface area (TPSA) is 34.9 Å². The first-order valence-corrected chi connectivity index (χ1v) is 6.56. The number of hydrogen-bond acceptors (Lipinski definition) is 3. The fourth-order valence-corrected chi connectivity index (χ4v) is 3.02. The number of pyridine rings is 1. The van der Waals surface area contributed by atoms with Gasteiger partial charge in [0, 0.05) is 21.7 Å². The van der Waals surface area contributed by atoms with Crippen LogP contribution in [0, 0.1) is 0 Å². The highest BCUT2D eigenvalue weighted by atomic mass is 79.9. The first-order valence-electron chi connectivity index (χ1n) is 4.09. The van der Waals surface area contributed by atoms with Crippen molar-refractivity contribution in [2.45, 2.75) is 6.54 Å². The number of rotatable bonds is 2. The molecule has 78 valence electrons. The lowest BCUT2D eigenvalue weighted by atomic mass is 10.4. The molecule has 0 saturated carbocycles. The van der Waals surface area contributed by atoms with E-state index in [0.717, 1.165) is 9.35 Å². The van der Waals surface area contributed by atoms with E-state index < -0.39 is 0 Å². The van der Waals surface area contributed by atoms with Crippen molar-refractivity contribution < 1.29 is 0 Å². The summed E-state index contributed by atoms with van der Waals surface area (Å²) < 4.78 is 3.07. The van der Waals surface area contributed by atoms with Crippen LogP contribution in [0.2, 0.25) is 0 Å². The van der Waals surface area contributed by atoms with Gasteiger partial charge in [-0.15, -0.1) is 11.3 Å². The van der Waals surface area contributed by atoms with Crippen LogP contribution in [0.15, 0.2) is 37.7 Å². The maximum absolute atomic E-state index is 11.7. The number of halogens is 2. The zero-order valence-corrected chi connectivity index (χ0v) is 11.5. The smallest absolute Gasteiger partial charge is 0.265 e. The van der Waals surface area contributed by atoms with Gasteiger partial charge in [-0.25, -0.2) is 0 Å². The van der Waals surface area contributed by atoms with Gasteiger partial charge in [0.15, 0.2) is 0 Å². The van der Waals surface area contributed by atoms with Gasteiger partial charge in [-0.2, -0.15) is 0 Å². The summed E-state index contributed by atoms with van der Waals surface area (Å²) in [5.41, 5.74) is 1.72. The van der Waals surface area contributed by atoms with Gasteiger partial charge in [0.1, 0.15) is 0 Å². The minimum atomic E-state index is -0.0356. The number of thiazole rings is 1. The van der Waals surface area contributed by atoms with Gasteiger partial charge in [-0.1, -0.05) is 0 Å². The largest absolute Gasteiger partial charge is 0.308 e. The summed E-state index contributed by atoms with van der Waals surface area (Å²) in [6.45, 7) is 0.557. The average Bonchev–Trinajstić information content (AvgIpc) is 2.66. The van der Waals surface area contributed by atoms with Crippen LogP contribution in [0.5, 0.6) is 0 Å². The van der Waals surface area contributed by atoms with E-state index in [1.54, 1.807) is 28.5 Å². The molecule has 0 aliphatic carbocycles. The summed E-state index contributed by atoms with van der Waals surface area (Å²) in [6.07, 6.45) is 3.54. The van der Waals surface area contributed by atoms with E-state index in [2.05, 4.69) is 36.8 Å². The highest BCUT2D eigenvalue weighted by Crippen LogP contribution is 2.14. The van der Waals surface area contributed by atoms with Crippen LogP contribution in [0.3, 0.4) is 0 Å². The van der Waals surface area contributed by atoms with Crippen molar-refractivity contribution >= 4 is 43.2 Å². The number of hydrogen-bond donors (Lipinski definition) is 0. The maximum Gasteiger partial charge on any atom is 0.265 e. The molecule has 0 saturated heterocycles. The van der Waals surface area contributed by atoms with E-state index in [1.807, 2.05) is 0 Å². The molecule has 2 heterocycles. The van der Waals surface area contributed by atoms with Crippen molar-refractivity contribution in [2.24, 2.45) is 0 Å². The highest BCUT2D eigenvalue weighted by molar-refractivity contribution is 9.11. The Labute approximate surface area is 107 Å². The SMILES string of the molecule is O=c1c(Br)cc(Br)cn1Cc1cncs1. The number of aromatic nitrogens is 2. The van der Waals surface area contributed by atoms with Crippen molar-refractivity contribution in [3.8, 4) is 0 Å². The molecule has 0 fully saturated rings. The normalized spacial score (nSPS) is 10.5. The highest BCUT2D eigenvalue weighted by Gasteiger charge is 2.04. The van der Waals surface area contributed by atoms with Crippen LogP contribution < -0.4 is 5.56 Å². The fourth-order valence-electron chi connectivity index (χ4n) is 1.17. The molecule has 15 heavy (non-hydrogen) atoms. The Balaban J connectivity index is 2.41. The Bertz CT molecular complexity index is 521. The predicted octanol–water partition coefficient (Wildman–Crippen LogP) is 2.88. The van der Waals surface area contributed by atoms with Gasteiger partial charge in [0.05, 0.1) is 16.5 Å². The summed E-state index contributed by atoms with van der Waals surface area (Å²) in [5.74, 6) is 0. The molecule has 0 radical (unpaired) electrons. The lowest BCUT2D eigenvalue weighted by Gasteiger charge is -2.04. The van der Waals surface area contributed by atoms with E-state index in [-0.39, 0.29) is 5.56 Å². The molecule has 2 aromatic rings. The van der Waals surface area contributed by atoms with Crippen molar-refractivity contribution in [3.05, 3.63) is 48.1 Å². The van der Waals surface area contributed by atoms with Gasteiger partial charge < -0.3 is 4.57 Å². The van der Waals surface area contributed by atoms with Gasteiger partial charge in [0.2, 0.25) is 0 Å². The lowest BCUT2D eigenvalue weighted by molar-refractivity contribution is 0.760. The van der Waals surface area contributed by atoms with Crippen molar-refractivity contribution in [3.63, 3.8) is 0 Å². The Hall–Kier alpha value is -0.460. The molecular weight excluding hydrogens is 344 g/mol. The van der Waals surface area contributed by atoms with Crippen LogP contribution >= 0.6 is 43.2 Å². The van der Waals surface area contributed by atoms with Crippen LogP contribution in [0.4, 0.5) is 0 Å².